The number of nitrogens with one attached hydrogen (secondary N) is 1. The smallest absolute Gasteiger partial charge is 0.219 e. The van der Waals surface area contributed by atoms with Gasteiger partial charge < -0.3 is 14.1 Å². The molecule has 3 aromatic heterocycles. The summed E-state index contributed by atoms with van der Waals surface area (Å²) in [7, 11) is 0. The monoisotopic (exact) mass is 419 g/mol. The molecule has 8 heteroatoms. The van der Waals surface area contributed by atoms with Gasteiger partial charge in [0.15, 0.2) is 11.4 Å². The molecule has 158 valence electrons. The van der Waals surface area contributed by atoms with E-state index in [2.05, 4.69) is 24.8 Å². The summed E-state index contributed by atoms with van der Waals surface area (Å²) in [6.07, 6.45) is 6.86. The van der Waals surface area contributed by atoms with Gasteiger partial charge in [-0.1, -0.05) is 12.1 Å². The Labute approximate surface area is 178 Å². The lowest BCUT2D eigenvalue weighted by Crippen LogP contribution is -2.61. The third-order valence-corrected chi connectivity index (χ3v) is 6.43. The number of para-hydroxylation sites is 1. The third kappa shape index (κ3) is 3.05. The van der Waals surface area contributed by atoms with Crippen LogP contribution in [0.5, 0.6) is 0 Å². The Morgan fingerprint density at radius 2 is 2.13 bits per heavy atom. The highest BCUT2D eigenvalue weighted by atomic mass is 19.1. The number of hydrogen-bond donors (Lipinski definition) is 1. The van der Waals surface area contributed by atoms with E-state index in [1.54, 1.807) is 18.5 Å². The van der Waals surface area contributed by atoms with Gasteiger partial charge >= 0.3 is 0 Å². The zero-order chi connectivity index (χ0) is 20.8. The van der Waals surface area contributed by atoms with Crippen molar-refractivity contribution in [3.8, 4) is 0 Å². The van der Waals surface area contributed by atoms with Crippen molar-refractivity contribution in [1.82, 2.24) is 24.8 Å². The van der Waals surface area contributed by atoms with E-state index in [1.165, 1.54) is 6.07 Å². The molecule has 0 saturated carbocycles. The molecule has 0 aliphatic carbocycles. The van der Waals surface area contributed by atoms with Crippen molar-refractivity contribution in [3.63, 3.8) is 0 Å². The molecule has 0 amide bonds. The SMILES string of the molecule is Fc1cccc2nc([C@@H]3c4nc[nH]c4CCN3C3(CCc4ccccn4)CCO3)oc12. The van der Waals surface area contributed by atoms with Crippen molar-refractivity contribution in [3.05, 3.63) is 77.7 Å². The number of fused-ring (bicyclic) bond motifs is 2. The largest absolute Gasteiger partial charge is 0.435 e. The van der Waals surface area contributed by atoms with Gasteiger partial charge in [-0.3, -0.25) is 9.88 Å². The van der Waals surface area contributed by atoms with Gasteiger partial charge in [0.25, 0.3) is 0 Å². The van der Waals surface area contributed by atoms with Crippen LogP contribution in [0.25, 0.3) is 11.1 Å². The first-order chi connectivity index (χ1) is 15.2. The van der Waals surface area contributed by atoms with E-state index in [9.17, 15) is 4.39 Å². The van der Waals surface area contributed by atoms with Crippen molar-refractivity contribution in [1.29, 1.82) is 0 Å². The van der Waals surface area contributed by atoms with Crippen LogP contribution in [0.2, 0.25) is 0 Å². The fourth-order valence-electron chi connectivity index (χ4n) is 4.79. The Balaban J connectivity index is 1.40. The molecule has 0 spiro atoms. The van der Waals surface area contributed by atoms with Gasteiger partial charge in [0.2, 0.25) is 5.89 Å². The van der Waals surface area contributed by atoms with Gasteiger partial charge in [-0.2, -0.15) is 0 Å². The minimum Gasteiger partial charge on any atom is -0.435 e. The number of halogens is 1. The van der Waals surface area contributed by atoms with Crippen LogP contribution >= 0.6 is 0 Å². The Morgan fingerprint density at radius 3 is 2.90 bits per heavy atom. The van der Waals surface area contributed by atoms with Gasteiger partial charge in [0.1, 0.15) is 17.3 Å². The molecule has 4 aromatic rings. The molecule has 1 unspecified atom stereocenters. The van der Waals surface area contributed by atoms with Crippen LogP contribution in [-0.4, -0.2) is 43.7 Å². The summed E-state index contributed by atoms with van der Waals surface area (Å²) >= 11 is 0. The van der Waals surface area contributed by atoms with Gasteiger partial charge in [-0.05, 0) is 37.1 Å². The molecular formula is C23H22FN5O2. The molecule has 0 bridgehead atoms. The molecule has 2 aliphatic rings. The number of aromatic nitrogens is 4. The summed E-state index contributed by atoms with van der Waals surface area (Å²) in [6.45, 7) is 1.48. The van der Waals surface area contributed by atoms with E-state index in [1.807, 2.05) is 24.4 Å². The lowest BCUT2D eigenvalue weighted by Gasteiger charge is -2.53. The van der Waals surface area contributed by atoms with Gasteiger partial charge in [0.05, 0.1) is 18.6 Å². The Bertz CT molecular complexity index is 1220. The fourth-order valence-corrected chi connectivity index (χ4v) is 4.79. The first kappa shape index (κ1) is 18.7. The molecule has 5 heterocycles. The Hall–Kier alpha value is -3.10. The molecule has 2 atom stereocenters. The van der Waals surface area contributed by atoms with E-state index < -0.39 is 11.5 Å². The number of benzene rings is 1. The van der Waals surface area contributed by atoms with Gasteiger partial charge in [-0.25, -0.2) is 14.4 Å². The summed E-state index contributed by atoms with van der Waals surface area (Å²) < 4.78 is 26.5. The summed E-state index contributed by atoms with van der Waals surface area (Å²) in [4.78, 5) is 19.2. The van der Waals surface area contributed by atoms with Crippen molar-refractivity contribution < 1.29 is 13.5 Å². The summed E-state index contributed by atoms with van der Waals surface area (Å²) in [5.74, 6) is 0.0338. The van der Waals surface area contributed by atoms with Crippen molar-refractivity contribution in [2.75, 3.05) is 13.2 Å². The molecule has 7 nitrogen and oxygen atoms in total. The minimum absolute atomic E-state index is 0.178. The number of rotatable bonds is 5. The molecule has 2 aliphatic heterocycles. The van der Waals surface area contributed by atoms with Gasteiger partial charge in [-0.15, -0.1) is 0 Å². The summed E-state index contributed by atoms with van der Waals surface area (Å²) in [6, 6.07) is 10.4. The predicted octanol–water partition coefficient (Wildman–Crippen LogP) is 3.78. The predicted molar refractivity (Wildman–Crippen MR) is 111 cm³/mol. The molecule has 1 N–H and O–H groups in total. The number of ether oxygens (including phenoxy) is 1. The number of aromatic amines is 1. The van der Waals surface area contributed by atoms with E-state index in [0.717, 1.165) is 49.3 Å². The second kappa shape index (κ2) is 7.25. The third-order valence-electron chi connectivity index (χ3n) is 6.43. The van der Waals surface area contributed by atoms with Crippen LogP contribution in [0.3, 0.4) is 0 Å². The number of oxazole rings is 1. The standard InChI is InChI=1S/C23H22FN5O2/c24-16-5-3-6-18-21(16)31-22(28-18)20-19-17(26-14-27-19)8-12-29(20)23(10-13-30-23)9-7-15-4-1-2-11-25-15/h1-6,11,14,20H,7-10,12-13H2,(H,26,27)/t20-,23?/m0/s1. The highest BCUT2D eigenvalue weighted by Crippen LogP contribution is 2.45. The second-order valence-electron chi connectivity index (χ2n) is 8.12. The number of pyridine rings is 1. The normalized spacial score (nSPS) is 23.6. The van der Waals surface area contributed by atoms with Crippen LogP contribution in [0.1, 0.15) is 41.9 Å². The Kier molecular flexibility index (Phi) is 4.36. The average molecular weight is 419 g/mol. The van der Waals surface area contributed by atoms with Crippen LogP contribution in [0, 0.1) is 5.82 Å². The van der Waals surface area contributed by atoms with E-state index in [0.29, 0.717) is 18.0 Å². The maximum Gasteiger partial charge on any atom is 0.219 e. The topological polar surface area (TPSA) is 80.1 Å². The summed E-state index contributed by atoms with van der Waals surface area (Å²) in [5.41, 5.74) is 3.20. The number of imidazole rings is 1. The lowest BCUT2D eigenvalue weighted by atomic mass is 9.90. The van der Waals surface area contributed by atoms with Crippen LogP contribution in [0.15, 0.2) is 53.3 Å². The Morgan fingerprint density at radius 1 is 1.19 bits per heavy atom. The average Bonchev–Trinajstić information content (AvgIpc) is 3.41. The molecule has 1 aromatic carbocycles. The maximum absolute atomic E-state index is 14.3. The molecule has 31 heavy (non-hydrogen) atoms. The second-order valence-corrected chi connectivity index (χ2v) is 8.12. The quantitative estimate of drug-likeness (QED) is 0.530. The first-order valence-corrected chi connectivity index (χ1v) is 10.6. The van der Waals surface area contributed by atoms with Crippen LogP contribution < -0.4 is 0 Å². The molecular weight excluding hydrogens is 397 g/mol. The molecule has 1 saturated heterocycles. The molecule has 0 radical (unpaired) electrons. The zero-order valence-corrected chi connectivity index (χ0v) is 16.9. The molecule has 1 fully saturated rings. The number of nitrogens with zero attached hydrogens (tertiary/aromatic N) is 4. The zero-order valence-electron chi connectivity index (χ0n) is 16.9. The first-order valence-electron chi connectivity index (χ1n) is 10.6. The van der Waals surface area contributed by atoms with Crippen molar-refractivity contribution >= 4 is 11.1 Å². The van der Waals surface area contributed by atoms with E-state index >= 15 is 0 Å². The van der Waals surface area contributed by atoms with E-state index in [4.69, 9.17) is 9.15 Å². The van der Waals surface area contributed by atoms with Crippen molar-refractivity contribution in [2.24, 2.45) is 0 Å². The highest BCUT2D eigenvalue weighted by molar-refractivity contribution is 5.73. The maximum atomic E-state index is 14.3. The lowest BCUT2D eigenvalue weighted by molar-refractivity contribution is -0.254. The summed E-state index contributed by atoms with van der Waals surface area (Å²) in [5, 5.41) is 0. The number of hydrogen-bond acceptors (Lipinski definition) is 6. The fraction of sp³-hybridized carbons (Fsp3) is 0.348. The highest BCUT2D eigenvalue weighted by Gasteiger charge is 2.50. The number of aryl methyl sites for hydroxylation is 1. The number of H-pyrrole nitrogens is 1. The van der Waals surface area contributed by atoms with Crippen LogP contribution in [-0.2, 0) is 17.6 Å². The van der Waals surface area contributed by atoms with Crippen LogP contribution in [0.4, 0.5) is 4.39 Å². The minimum atomic E-state index is -0.446. The van der Waals surface area contributed by atoms with Gasteiger partial charge in [0, 0.05) is 37.0 Å². The van der Waals surface area contributed by atoms with Crippen molar-refractivity contribution in [2.45, 2.75) is 37.5 Å². The van der Waals surface area contributed by atoms with E-state index in [-0.39, 0.29) is 11.6 Å². The molecule has 6 rings (SSSR count).